The van der Waals surface area contributed by atoms with Crippen LogP contribution < -0.4 is 5.32 Å². The van der Waals surface area contributed by atoms with E-state index in [1.807, 2.05) is 36.4 Å². The van der Waals surface area contributed by atoms with Gasteiger partial charge in [-0.05, 0) is 18.2 Å². The summed E-state index contributed by atoms with van der Waals surface area (Å²) in [5, 5.41) is 20.5. The Balaban J connectivity index is 1.86. The quantitative estimate of drug-likeness (QED) is 0.583. The summed E-state index contributed by atoms with van der Waals surface area (Å²) in [5.41, 5.74) is 1.51. The maximum Gasteiger partial charge on any atom is 0.346 e. The molecule has 4 rings (SSSR count). The normalized spacial score (nSPS) is 11.1. The average Bonchev–Trinajstić information content (AvgIpc) is 3.12. The number of para-hydroxylation sites is 1. The van der Waals surface area contributed by atoms with Crippen molar-refractivity contribution in [3.05, 3.63) is 52.7 Å². The zero-order chi connectivity index (χ0) is 15.1. The van der Waals surface area contributed by atoms with Crippen LogP contribution in [0.1, 0.15) is 9.67 Å². The van der Waals surface area contributed by atoms with Gasteiger partial charge in [-0.2, -0.15) is 0 Å². The smallest absolute Gasteiger partial charge is 0.346 e. The molecule has 4 aromatic rings. The van der Waals surface area contributed by atoms with E-state index in [9.17, 15) is 9.90 Å². The molecule has 22 heavy (non-hydrogen) atoms. The molecule has 0 aliphatic rings. The molecule has 2 aromatic heterocycles. The number of carbonyl (C=O) groups is 1. The van der Waals surface area contributed by atoms with E-state index in [0.717, 1.165) is 16.5 Å². The van der Waals surface area contributed by atoms with Crippen molar-refractivity contribution in [2.24, 2.45) is 0 Å². The number of fused-ring (bicyclic) bond motifs is 3. The molecule has 2 N–H and O–H groups in total. The fraction of sp³-hybridized carbons (Fsp3) is 0. The van der Waals surface area contributed by atoms with Gasteiger partial charge in [0.1, 0.15) is 4.88 Å². The van der Waals surface area contributed by atoms with E-state index in [2.05, 4.69) is 10.5 Å². The second kappa shape index (κ2) is 4.85. The first-order chi connectivity index (χ1) is 10.7. The molecule has 0 fully saturated rings. The molecule has 0 saturated heterocycles. The zero-order valence-corrected chi connectivity index (χ0v) is 12.1. The van der Waals surface area contributed by atoms with Gasteiger partial charge in [-0.3, -0.25) is 0 Å². The topological polar surface area (TPSA) is 75.4 Å². The van der Waals surface area contributed by atoms with Crippen LogP contribution in [0, 0.1) is 0 Å². The number of nitrogens with one attached hydrogen (secondary N) is 1. The summed E-state index contributed by atoms with van der Waals surface area (Å²) in [6, 6.07) is 13.3. The van der Waals surface area contributed by atoms with E-state index in [0.29, 0.717) is 21.7 Å². The molecule has 0 aliphatic heterocycles. The minimum atomic E-state index is -0.929. The molecule has 0 radical (unpaired) electrons. The standard InChI is InChI=1S/C16H10N2O3S/c19-16(20)14-10-6-7-11-13(12(10)8-22-14)21-18-15(11)17-9-4-2-1-3-5-9/h1-8H,(H,17,18)(H,19,20). The lowest BCUT2D eigenvalue weighted by atomic mass is 10.1. The molecule has 0 unspecified atom stereocenters. The van der Waals surface area contributed by atoms with Gasteiger partial charge in [-0.15, -0.1) is 11.3 Å². The highest BCUT2D eigenvalue weighted by atomic mass is 32.1. The highest BCUT2D eigenvalue weighted by Crippen LogP contribution is 2.35. The van der Waals surface area contributed by atoms with E-state index in [1.54, 1.807) is 11.4 Å². The molecule has 0 amide bonds. The molecule has 5 nitrogen and oxygen atoms in total. The molecule has 0 saturated carbocycles. The van der Waals surface area contributed by atoms with Crippen LogP contribution in [-0.4, -0.2) is 16.2 Å². The zero-order valence-electron chi connectivity index (χ0n) is 11.2. The molecule has 6 heteroatoms. The molecular formula is C16H10N2O3S. The highest BCUT2D eigenvalue weighted by molar-refractivity contribution is 7.13. The van der Waals surface area contributed by atoms with E-state index in [-0.39, 0.29) is 0 Å². The number of aromatic carboxylic acids is 1. The summed E-state index contributed by atoms with van der Waals surface area (Å²) in [5.74, 6) is -0.312. The Morgan fingerprint density at radius 1 is 1.09 bits per heavy atom. The largest absolute Gasteiger partial charge is 0.477 e. The number of carboxylic acid groups (broad SMARTS) is 1. The van der Waals surface area contributed by atoms with Gasteiger partial charge >= 0.3 is 5.97 Å². The summed E-state index contributed by atoms with van der Waals surface area (Å²) in [4.78, 5) is 11.5. The predicted molar refractivity (Wildman–Crippen MR) is 86.1 cm³/mol. The number of rotatable bonds is 3. The first-order valence-electron chi connectivity index (χ1n) is 6.59. The van der Waals surface area contributed by atoms with Crippen molar-refractivity contribution < 1.29 is 14.4 Å². The fourth-order valence-corrected chi connectivity index (χ4v) is 3.31. The number of nitrogens with zero attached hydrogens (tertiary/aromatic N) is 1. The van der Waals surface area contributed by atoms with Crippen LogP contribution in [0.4, 0.5) is 11.5 Å². The van der Waals surface area contributed by atoms with Crippen LogP contribution in [0.5, 0.6) is 0 Å². The number of carboxylic acids is 1. The van der Waals surface area contributed by atoms with E-state index in [1.165, 1.54) is 11.3 Å². The van der Waals surface area contributed by atoms with Crippen molar-refractivity contribution in [3.8, 4) is 0 Å². The Hall–Kier alpha value is -2.86. The summed E-state index contributed by atoms with van der Waals surface area (Å²) in [6.07, 6.45) is 0. The van der Waals surface area contributed by atoms with E-state index in [4.69, 9.17) is 4.52 Å². The van der Waals surface area contributed by atoms with Gasteiger partial charge < -0.3 is 14.9 Å². The number of anilines is 2. The highest BCUT2D eigenvalue weighted by Gasteiger charge is 2.17. The second-order valence-corrected chi connectivity index (χ2v) is 5.68. The third-order valence-corrected chi connectivity index (χ3v) is 4.43. The van der Waals surface area contributed by atoms with E-state index >= 15 is 0 Å². The molecule has 2 aromatic carbocycles. The molecule has 0 atom stereocenters. The van der Waals surface area contributed by atoms with Crippen LogP contribution in [-0.2, 0) is 0 Å². The van der Waals surface area contributed by atoms with Crippen molar-refractivity contribution in [1.29, 1.82) is 0 Å². The molecular weight excluding hydrogens is 300 g/mol. The van der Waals surface area contributed by atoms with Gasteiger partial charge in [0.25, 0.3) is 0 Å². The van der Waals surface area contributed by atoms with Gasteiger partial charge in [0.15, 0.2) is 11.4 Å². The van der Waals surface area contributed by atoms with Crippen LogP contribution in [0.2, 0.25) is 0 Å². The maximum absolute atomic E-state index is 11.2. The average molecular weight is 310 g/mol. The first-order valence-corrected chi connectivity index (χ1v) is 7.47. The molecule has 108 valence electrons. The Labute approximate surface area is 128 Å². The lowest BCUT2D eigenvalue weighted by Crippen LogP contribution is -1.92. The number of aromatic nitrogens is 1. The van der Waals surface area contributed by atoms with Gasteiger partial charge in [-0.25, -0.2) is 4.79 Å². The van der Waals surface area contributed by atoms with E-state index < -0.39 is 5.97 Å². The van der Waals surface area contributed by atoms with Crippen molar-refractivity contribution in [2.75, 3.05) is 5.32 Å². The van der Waals surface area contributed by atoms with Gasteiger partial charge in [0.05, 0.1) is 5.39 Å². The van der Waals surface area contributed by atoms with Crippen molar-refractivity contribution in [1.82, 2.24) is 5.16 Å². The summed E-state index contributed by atoms with van der Waals surface area (Å²) >= 11 is 1.19. The number of hydrogen-bond acceptors (Lipinski definition) is 5. The van der Waals surface area contributed by atoms with Crippen LogP contribution >= 0.6 is 11.3 Å². The minimum Gasteiger partial charge on any atom is -0.477 e. The third-order valence-electron chi connectivity index (χ3n) is 3.45. The molecule has 0 spiro atoms. The lowest BCUT2D eigenvalue weighted by molar-refractivity contribution is 0.0704. The second-order valence-electron chi connectivity index (χ2n) is 4.80. The maximum atomic E-state index is 11.2. The summed E-state index contributed by atoms with van der Waals surface area (Å²) in [6.45, 7) is 0. The SMILES string of the molecule is O=C(O)c1scc2c1ccc1c(Nc3ccccc3)noc12. The van der Waals surface area contributed by atoms with Crippen LogP contribution in [0.3, 0.4) is 0 Å². The van der Waals surface area contributed by atoms with Crippen LogP contribution in [0.25, 0.3) is 21.7 Å². The molecule has 0 aliphatic carbocycles. The fourth-order valence-electron chi connectivity index (χ4n) is 2.44. The van der Waals surface area contributed by atoms with Crippen molar-refractivity contribution >= 4 is 50.6 Å². The van der Waals surface area contributed by atoms with Crippen molar-refractivity contribution in [2.45, 2.75) is 0 Å². The predicted octanol–water partition coefficient (Wildman–Crippen LogP) is 4.48. The van der Waals surface area contributed by atoms with Crippen molar-refractivity contribution in [3.63, 3.8) is 0 Å². The Morgan fingerprint density at radius 3 is 2.64 bits per heavy atom. The number of benzene rings is 2. The Bertz CT molecular complexity index is 989. The lowest BCUT2D eigenvalue weighted by Gasteiger charge is -2.01. The number of hydrogen-bond donors (Lipinski definition) is 2. The Kier molecular flexibility index (Phi) is 2.83. The number of thiophene rings is 1. The molecule has 0 bridgehead atoms. The van der Waals surface area contributed by atoms with Gasteiger partial charge in [-0.1, -0.05) is 29.4 Å². The summed E-state index contributed by atoms with van der Waals surface area (Å²) in [7, 11) is 0. The minimum absolute atomic E-state index is 0.311. The monoisotopic (exact) mass is 310 g/mol. The summed E-state index contributed by atoms with van der Waals surface area (Å²) < 4.78 is 5.43. The Morgan fingerprint density at radius 2 is 1.86 bits per heavy atom. The van der Waals surface area contributed by atoms with Gasteiger partial charge in [0.2, 0.25) is 0 Å². The first kappa shape index (κ1) is 12.8. The third kappa shape index (κ3) is 1.93. The van der Waals surface area contributed by atoms with Crippen LogP contribution in [0.15, 0.2) is 52.4 Å². The molecule has 2 heterocycles. The van der Waals surface area contributed by atoms with Gasteiger partial charge in [0, 0.05) is 21.8 Å².